The van der Waals surface area contributed by atoms with Gasteiger partial charge in [0, 0.05) is 22.3 Å². The second kappa shape index (κ2) is 7.22. The lowest BCUT2D eigenvalue weighted by Crippen LogP contribution is -2.22. The van der Waals surface area contributed by atoms with E-state index in [-0.39, 0.29) is 0 Å². The Morgan fingerprint density at radius 3 is 3.00 bits per heavy atom. The zero-order valence-electron chi connectivity index (χ0n) is 12.1. The van der Waals surface area contributed by atoms with Crippen molar-refractivity contribution < 1.29 is 4.74 Å². The van der Waals surface area contributed by atoms with Crippen LogP contribution in [0.15, 0.2) is 18.2 Å². The average Bonchev–Trinajstić information content (AvgIpc) is 2.81. The van der Waals surface area contributed by atoms with Gasteiger partial charge in [0.15, 0.2) is 0 Å². The van der Waals surface area contributed by atoms with E-state index < -0.39 is 0 Å². The molecular weight excluding hydrogens is 254 g/mol. The largest absolute Gasteiger partial charge is 0.376 e. The van der Waals surface area contributed by atoms with E-state index in [0.29, 0.717) is 12.6 Å². The molecule has 0 saturated heterocycles. The summed E-state index contributed by atoms with van der Waals surface area (Å²) in [5, 5.41) is 3.54. The fraction of sp³-hybridized carbons (Fsp3) is 0.625. The van der Waals surface area contributed by atoms with Crippen molar-refractivity contribution in [2.75, 3.05) is 19.8 Å². The SMILES string of the molecule is C=C(C)COCCNC(C)c1cc2c(s1)CCCC2. The van der Waals surface area contributed by atoms with E-state index in [0.717, 1.165) is 18.7 Å². The first-order valence-corrected chi connectivity index (χ1v) is 8.05. The number of fused-ring (bicyclic) bond motifs is 1. The Labute approximate surface area is 120 Å². The van der Waals surface area contributed by atoms with Crippen molar-refractivity contribution in [3.05, 3.63) is 33.5 Å². The molecule has 1 aliphatic rings. The fourth-order valence-electron chi connectivity index (χ4n) is 2.42. The first kappa shape index (κ1) is 14.8. The summed E-state index contributed by atoms with van der Waals surface area (Å²) >= 11 is 1.99. The lowest BCUT2D eigenvalue weighted by Gasteiger charge is -2.12. The van der Waals surface area contributed by atoms with Gasteiger partial charge in [-0.1, -0.05) is 12.2 Å². The quantitative estimate of drug-likeness (QED) is 0.604. The third-order valence-electron chi connectivity index (χ3n) is 3.49. The smallest absolute Gasteiger partial charge is 0.0672 e. The molecule has 1 N–H and O–H groups in total. The maximum Gasteiger partial charge on any atom is 0.0672 e. The first-order chi connectivity index (χ1) is 9.16. The van der Waals surface area contributed by atoms with E-state index in [1.165, 1.54) is 30.6 Å². The Morgan fingerprint density at radius 2 is 2.26 bits per heavy atom. The van der Waals surface area contributed by atoms with Crippen LogP contribution in [0.2, 0.25) is 0 Å². The molecule has 0 saturated carbocycles. The number of aryl methyl sites for hydroxylation is 2. The van der Waals surface area contributed by atoms with Crippen molar-refractivity contribution in [3.8, 4) is 0 Å². The first-order valence-electron chi connectivity index (χ1n) is 7.24. The van der Waals surface area contributed by atoms with Gasteiger partial charge in [-0.2, -0.15) is 0 Å². The van der Waals surface area contributed by atoms with Crippen LogP contribution in [0.3, 0.4) is 0 Å². The van der Waals surface area contributed by atoms with E-state index in [9.17, 15) is 0 Å². The standard InChI is InChI=1S/C16H25NOS/c1-12(2)11-18-9-8-17-13(3)16-10-14-6-4-5-7-15(14)19-16/h10,13,17H,1,4-9,11H2,2-3H3. The normalized spacial score (nSPS) is 16.1. The summed E-state index contributed by atoms with van der Waals surface area (Å²) in [5.41, 5.74) is 2.68. The molecule has 0 bridgehead atoms. The van der Waals surface area contributed by atoms with Gasteiger partial charge in [0.25, 0.3) is 0 Å². The van der Waals surface area contributed by atoms with Gasteiger partial charge in [-0.05, 0) is 51.2 Å². The molecule has 1 atom stereocenters. The summed E-state index contributed by atoms with van der Waals surface area (Å²) in [6.07, 6.45) is 5.29. The Bertz CT molecular complexity index is 401. The van der Waals surface area contributed by atoms with Crippen molar-refractivity contribution >= 4 is 11.3 Å². The maximum absolute atomic E-state index is 5.50. The van der Waals surface area contributed by atoms with Crippen LogP contribution in [0.4, 0.5) is 0 Å². The zero-order valence-corrected chi connectivity index (χ0v) is 12.9. The van der Waals surface area contributed by atoms with Crippen molar-refractivity contribution in [3.63, 3.8) is 0 Å². The Hall–Kier alpha value is -0.640. The lowest BCUT2D eigenvalue weighted by molar-refractivity contribution is 0.156. The molecule has 0 fully saturated rings. The molecule has 3 heteroatoms. The monoisotopic (exact) mass is 279 g/mol. The lowest BCUT2D eigenvalue weighted by atomic mass is 9.99. The summed E-state index contributed by atoms with van der Waals surface area (Å²) < 4.78 is 5.50. The molecule has 1 unspecified atom stereocenters. The van der Waals surface area contributed by atoms with Gasteiger partial charge in [-0.3, -0.25) is 0 Å². The molecule has 106 valence electrons. The Balaban J connectivity index is 1.75. The third-order valence-corrected chi connectivity index (χ3v) is 4.91. The molecule has 1 aromatic rings. The summed E-state index contributed by atoms with van der Waals surface area (Å²) in [7, 11) is 0. The summed E-state index contributed by atoms with van der Waals surface area (Å²) in [6, 6.07) is 2.84. The van der Waals surface area contributed by atoms with Gasteiger partial charge >= 0.3 is 0 Å². The highest BCUT2D eigenvalue weighted by atomic mass is 32.1. The number of nitrogens with one attached hydrogen (secondary N) is 1. The molecular formula is C16H25NOS. The highest BCUT2D eigenvalue weighted by molar-refractivity contribution is 7.12. The van der Waals surface area contributed by atoms with Crippen molar-refractivity contribution in [1.82, 2.24) is 5.32 Å². The summed E-state index contributed by atoms with van der Waals surface area (Å²) in [5.74, 6) is 0. The molecule has 19 heavy (non-hydrogen) atoms. The van der Waals surface area contributed by atoms with Crippen molar-refractivity contribution in [2.24, 2.45) is 0 Å². The van der Waals surface area contributed by atoms with Gasteiger partial charge in [-0.15, -0.1) is 11.3 Å². The number of rotatable bonds is 7. The number of hydrogen-bond acceptors (Lipinski definition) is 3. The molecule has 2 nitrogen and oxygen atoms in total. The number of thiophene rings is 1. The molecule has 0 spiro atoms. The van der Waals surface area contributed by atoms with Gasteiger partial charge in [0.1, 0.15) is 0 Å². The molecule has 1 heterocycles. The molecule has 0 amide bonds. The fourth-order valence-corrected chi connectivity index (χ4v) is 3.71. The predicted molar refractivity (Wildman–Crippen MR) is 83.0 cm³/mol. The van der Waals surface area contributed by atoms with E-state index >= 15 is 0 Å². The second-order valence-electron chi connectivity index (χ2n) is 5.49. The summed E-state index contributed by atoms with van der Waals surface area (Å²) in [4.78, 5) is 3.10. The maximum atomic E-state index is 5.50. The minimum atomic E-state index is 0.434. The van der Waals surface area contributed by atoms with Crippen LogP contribution in [0.1, 0.15) is 48.0 Å². The molecule has 2 rings (SSSR count). The molecule has 0 aromatic carbocycles. The Morgan fingerprint density at radius 1 is 1.47 bits per heavy atom. The van der Waals surface area contributed by atoms with Crippen LogP contribution in [0.5, 0.6) is 0 Å². The van der Waals surface area contributed by atoms with Gasteiger partial charge in [0.05, 0.1) is 13.2 Å². The van der Waals surface area contributed by atoms with Crippen LogP contribution in [-0.4, -0.2) is 19.8 Å². The zero-order chi connectivity index (χ0) is 13.7. The van der Waals surface area contributed by atoms with E-state index in [4.69, 9.17) is 4.74 Å². The highest BCUT2D eigenvalue weighted by Crippen LogP contribution is 2.32. The van der Waals surface area contributed by atoms with E-state index in [1.807, 2.05) is 18.3 Å². The van der Waals surface area contributed by atoms with Crippen LogP contribution in [-0.2, 0) is 17.6 Å². The highest BCUT2D eigenvalue weighted by Gasteiger charge is 2.16. The van der Waals surface area contributed by atoms with Crippen LogP contribution in [0.25, 0.3) is 0 Å². The van der Waals surface area contributed by atoms with Gasteiger partial charge in [0.2, 0.25) is 0 Å². The Kier molecular flexibility index (Phi) is 5.61. The molecule has 0 aliphatic heterocycles. The van der Waals surface area contributed by atoms with Crippen LogP contribution >= 0.6 is 11.3 Å². The van der Waals surface area contributed by atoms with Gasteiger partial charge < -0.3 is 10.1 Å². The number of ether oxygens (including phenoxy) is 1. The molecule has 0 radical (unpaired) electrons. The van der Waals surface area contributed by atoms with Crippen molar-refractivity contribution in [2.45, 2.75) is 45.6 Å². The number of hydrogen-bond donors (Lipinski definition) is 1. The van der Waals surface area contributed by atoms with E-state index in [1.54, 1.807) is 10.4 Å². The topological polar surface area (TPSA) is 21.3 Å². The van der Waals surface area contributed by atoms with Crippen LogP contribution in [0, 0.1) is 0 Å². The molecule has 1 aromatic heterocycles. The average molecular weight is 279 g/mol. The van der Waals surface area contributed by atoms with E-state index in [2.05, 4.69) is 24.9 Å². The second-order valence-corrected chi connectivity index (χ2v) is 6.66. The van der Waals surface area contributed by atoms with Crippen LogP contribution < -0.4 is 5.32 Å². The minimum Gasteiger partial charge on any atom is -0.376 e. The molecule has 1 aliphatic carbocycles. The minimum absolute atomic E-state index is 0.434. The predicted octanol–water partition coefficient (Wildman–Crippen LogP) is 3.87. The summed E-state index contributed by atoms with van der Waals surface area (Å²) in [6.45, 7) is 10.4. The third kappa shape index (κ3) is 4.44. The van der Waals surface area contributed by atoms with Crippen molar-refractivity contribution in [1.29, 1.82) is 0 Å². The van der Waals surface area contributed by atoms with Gasteiger partial charge in [-0.25, -0.2) is 0 Å².